The predicted octanol–water partition coefficient (Wildman–Crippen LogP) is 14.6. The molecule has 4 aromatic heterocycles. The fourth-order valence-corrected chi connectivity index (χ4v) is 9.66. The summed E-state index contributed by atoms with van der Waals surface area (Å²) in [4.78, 5) is 5.37. The van der Waals surface area contributed by atoms with Crippen molar-refractivity contribution in [1.29, 1.82) is 0 Å². The molecule has 13 aromatic rings. The molecule has 9 aromatic carbocycles. The third-order valence-corrected chi connectivity index (χ3v) is 12.4. The first-order chi connectivity index (χ1) is 31.3. The molecule has 0 saturated heterocycles. The maximum Gasteiger partial charge on any atom is 0.182 e. The molecule has 294 valence electrons. The molecule has 0 aliphatic carbocycles. The van der Waals surface area contributed by atoms with Gasteiger partial charge in [0, 0.05) is 55.0 Å². The summed E-state index contributed by atoms with van der Waals surface area (Å²) in [6.45, 7) is 0. The van der Waals surface area contributed by atoms with Crippen molar-refractivity contribution in [1.82, 2.24) is 24.3 Å². The second-order valence-corrected chi connectivity index (χ2v) is 16.0. The van der Waals surface area contributed by atoms with Crippen molar-refractivity contribution in [2.24, 2.45) is 0 Å². The van der Waals surface area contributed by atoms with Crippen LogP contribution in [0.5, 0.6) is 0 Å². The van der Waals surface area contributed by atoms with Crippen LogP contribution in [0, 0.1) is 0 Å². The van der Waals surface area contributed by atoms with Gasteiger partial charge in [-0.05, 0) is 77.9 Å². The number of furan rings is 1. The van der Waals surface area contributed by atoms with Gasteiger partial charge in [0.15, 0.2) is 5.82 Å². The second-order valence-electron chi connectivity index (χ2n) is 16.0. The molecule has 0 spiro atoms. The van der Waals surface area contributed by atoms with Crippen LogP contribution < -0.4 is 0 Å². The fourth-order valence-electron chi connectivity index (χ4n) is 9.66. The van der Waals surface area contributed by atoms with E-state index in [1.165, 1.54) is 16.2 Å². The topological polar surface area (TPSA) is 61.7 Å². The maximum atomic E-state index is 6.39. The smallest absolute Gasteiger partial charge is 0.182 e. The van der Waals surface area contributed by atoms with E-state index in [0.717, 1.165) is 100.0 Å². The molecule has 0 unspecified atom stereocenters. The highest BCUT2D eigenvalue weighted by Gasteiger charge is 2.23. The lowest BCUT2D eigenvalue weighted by Crippen LogP contribution is -2.02. The summed E-state index contributed by atoms with van der Waals surface area (Å²) in [6.07, 6.45) is 0. The fraction of sp³-hybridized carbons (Fsp3) is 0. The van der Waals surface area contributed by atoms with Gasteiger partial charge >= 0.3 is 0 Å². The Balaban J connectivity index is 0.981. The summed E-state index contributed by atoms with van der Waals surface area (Å²) in [5.41, 5.74) is 14.9. The highest BCUT2D eigenvalue weighted by atomic mass is 16.3. The van der Waals surface area contributed by atoms with Crippen LogP contribution in [0.3, 0.4) is 0 Å². The minimum atomic E-state index is 0.561. The van der Waals surface area contributed by atoms with Crippen LogP contribution in [-0.4, -0.2) is 24.3 Å². The number of benzene rings is 9. The Morgan fingerprint density at radius 3 is 1.76 bits per heavy atom. The van der Waals surface area contributed by atoms with E-state index < -0.39 is 0 Å². The van der Waals surface area contributed by atoms with Gasteiger partial charge in [-0.25, -0.2) is 4.98 Å². The number of nitrogens with zero attached hydrogens (tertiary/aromatic N) is 5. The molecule has 0 amide bonds. The highest BCUT2D eigenvalue weighted by Crippen LogP contribution is 2.43. The monoisotopic (exact) mass is 805 g/mol. The van der Waals surface area contributed by atoms with E-state index in [1.54, 1.807) is 0 Å². The summed E-state index contributed by atoms with van der Waals surface area (Å²) in [6, 6.07) is 74.4. The SMILES string of the molecule is c1ccc(-c2nc(-c3cccc(-c4ccc5c(c4)c4ccc6oc7ccccc7c6c4n5-c4ccccc4)c3)nnc2-c2cccc3c4ccccc4n(-c4ccccc4)c23)cc1. The predicted molar refractivity (Wildman–Crippen MR) is 258 cm³/mol. The molecule has 13 rings (SSSR count). The molecule has 0 aliphatic heterocycles. The zero-order valence-electron chi connectivity index (χ0n) is 33.9. The van der Waals surface area contributed by atoms with E-state index in [9.17, 15) is 0 Å². The molecule has 0 saturated carbocycles. The van der Waals surface area contributed by atoms with Gasteiger partial charge in [0.2, 0.25) is 0 Å². The summed E-state index contributed by atoms with van der Waals surface area (Å²) >= 11 is 0. The Bertz CT molecular complexity index is 3900. The van der Waals surface area contributed by atoms with Crippen molar-refractivity contribution in [2.45, 2.75) is 0 Å². The van der Waals surface area contributed by atoms with Gasteiger partial charge in [-0.2, -0.15) is 0 Å². The van der Waals surface area contributed by atoms with E-state index in [0.29, 0.717) is 5.82 Å². The van der Waals surface area contributed by atoms with Gasteiger partial charge in [-0.3, -0.25) is 0 Å². The summed E-state index contributed by atoms with van der Waals surface area (Å²) in [5, 5.41) is 16.9. The molecule has 0 aliphatic rings. The zero-order chi connectivity index (χ0) is 41.4. The molecule has 6 nitrogen and oxygen atoms in total. The van der Waals surface area contributed by atoms with Gasteiger partial charge < -0.3 is 13.6 Å². The molecule has 0 radical (unpaired) electrons. The Morgan fingerprint density at radius 2 is 0.952 bits per heavy atom. The Hall–Kier alpha value is -8.61. The lowest BCUT2D eigenvalue weighted by Gasteiger charge is -2.14. The van der Waals surface area contributed by atoms with Crippen LogP contribution in [-0.2, 0) is 0 Å². The number of hydrogen-bond donors (Lipinski definition) is 0. The zero-order valence-corrected chi connectivity index (χ0v) is 33.9. The van der Waals surface area contributed by atoms with Crippen LogP contribution in [0.4, 0.5) is 0 Å². The lowest BCUT2D eigenvalue weighted by molar-refractivity contribution is 0.669. The lowest BCUT2D eigenvalue weighted by atomic mass is 9.99. The van der Waals surface area contributed by atoms with E-state index in [2.05, 4.69) is 191 Å². The number of rotatable bonds is 6. The molecule has 0 atom stereocenters. The first kappa shape index (κ1) is 35.2. The molecule has 0 fully saturated rings. The maximum absolute atomic E-state index is 6.39. The van der Waals surface area contributed by atoms with Crippen LogP contribution in [0.15, 0.2) is 217 Å². The van der Waals surface area contributed by atoms with Gasteiger partial charge in [0.1, 0.15) is 22.6 Å². The summed E-state index contributed by atoms with van der Waals surface area (Å²) < 4.78 is 11.1. The van der Waals surface area contributed by atoms with Crippen LogP contribution in [0.25, 0.3) is 122 Å². The number of aromatic nitrogens is 5. The van der Waals surface area contributed by atoms with Gasteiger partial charge in [0.25, 0.3) is 0 Å². The third-order valence-electron chi connectivity index (χ3n) is 12.4. The van der Waals surface area contributed by atoms with E-state index >= 15 is 0 Å². The molecular formula is C57H35N5O. The first-order valence-corrected chi connectivity index (χ1v) is 21.2. The quantitative estimate of drug-likeness (QED) is 0.168. The summed E-state index contributed by atoms with van der Waals surface area (Å²) in [5.74, 6) is 0.561. The molecule has 0 bridgehead atoms. The normalized spacial score (nSPS) is 11.8. The van der Waals surface area contributed by atoms with Crippen LogP contribution in [0.1, 0.15) is 0 Å². The molecule has 63 heavy (non-hydrogen) atoms. The van der Waals surface area contributed by atoms with Gasteiger partial charge in [0.05, 0.1) is 27.5 Å². The van der Waals surface area contributed by atoms with Crippen molar-refractivity contribution >= 4 is 65.6 Å². The Labute approximate surface area is 361 Å². The van der Waals surface area contributed by atoms with Crippen molar-refractivity contribution < 1.29 is 4.42 Å². The van der Waals surface area contributed by atoms with E-state index in [1.807, 2.05) is 30.3 Å². The summed E-state index contributed by atoms with van der Waals surface area (Å²) in [7, 11) is 0. The van der Waals surface area contributed by atoms with Gasteiger partial charge in [-0.1, -0.05) is 146 Å². The highest BCUT2D eigenvalue weighted by molar-refractivity contribution is 6.25. The average Bonchev–Trinajstić information content (AvgIpc) is 4.02. The van der Waals surface area contributed by atoms with Crippen LogP contribution in [0.2, 0.25) is 0 Å². The van der Waals surface area contributed by atoms with E-state index in [-0.39, 0.29) is 0 Å². The number of fused-ring (bicyclic) bond motifs is 10. The van der Waals surface area contributed by atoms with Crippen molar-refractivity contribution in [3.05, 3.63) is 212 Å². The number of para-hydroxylation sites is 5. The largest absolute Gasteiger partial charge is 0.456 e. The molecule has 0 N–H and O–H groups in total. The number of hydrogen-bond acceptors (Lipinski definition) is 4. The van der Waals surface area contributed by atoms with Crippen molar-refractivity contribution in [3.8, 4) is 56.4 Å². The van der Waals surface area contributed by atoms with Gasteiger partial charge in [-0.15, -0.1) is 10.2 Å². The van der Waals surface area contributed by atoms with Crippen molar-refractivity contribution in [3.63, 3.8) is 0 Å². The third kappa shape index (κ3) is 5.48. The Kier molecular flexibility index (Phi) is 7.80. The minimum absolute atomic E-state index is 0.561. The van der Waals surface area contributed by atoms with Crippen molar-refractivity contribution in [2.75, 3.05) is 0 Å². The van der Waals surface area contributed by atoms with E-state index in [4.69, 9.17) is 19.6 Å². The second kappa shape index (κ2) is 14.0. The minimum Gasteiger partial charge on any atom is -0.456 e. The van der Waals surface area contributed by atoms with Crippen LogP contribution >= 0.6 is 0 Å². The molecule has 4 heterocycles. The molecule has 6 heteroatoms. The molecular weight excluding hydrogens is 771 g/mol. The first-order valence-electron chi connectivity index (χ1n) is 21.2. The Morgan fingerprint density at radius 1 is 0.349 bits per heavy atom. The standard InChI is InChI=1S/C57H35N5O/c1-4-16-36(17-5-1)53-54(46-27-15-26-43-42-24-10-12-28-48(42)61(55(43)46)40-20-6-2-7-21-40)59-60-57(58-53)39-19-14-18-37(34-39)38-30-32-49-47(35-38)44-31-33-51-52(45-25-11-13-29-50(45)63-51)56(44)62(49)41-22-8-3-9-23-41/h1-35H. The average molecular weight is 806 g/mol.